The van der Waals surface area contributed by atoms with Gasteiger partial charge in [0.25, 0.3) is 0 Å². The van der Waals surface area contributed by atoms with Crippen LogP contribution in [-0.4, -0.2) is 30.9 Å². The molecule has 0 aliphatic carbocycles. The van der Waals surface area contributed by atoms with E-state index in [4.69, 9.17) is 24.0 Å². The average Bonchev–Trinajstić information content (AvgIpc) is 2.99. The van der Waals surface area contributed by atoms with Crippen molar-refractivity contribution in [2.75, 3.05) is 0 Å². The summed E-state index contributed by atoms with van der Waals surface area (Å²) >= 11 is 0. The molecule has 0 atom stereocenters. The van der Waals surface area contributed by atoms with E-state index in [9.17, 15) is 15.0 Å². The summed E-state index contributed by atoms with van der Waals surface area (Å²) < 4.78 is 14.9. The number of aryl methyl sites for hydroxylation is 2. The largest absolute Gasteiger partial charge is 1.00 e. The Bertz CT molecular complexity index is 1150. The second-order valence-corrected chi connectivity index (χ2v) is 8.16. The molecule has 0 aromatic heterocycles. The molecule has 5 N–H and O–H groups in total. The average molecular weight is 468 g/mol. The van der Waals surface area contributed by atoms with Gasteiger partial charge in [0.1, 0.15) is 11.5 Å². The predicted octanol–water partition coefficient (Wildman–Crippen LogP) is 0.365. The summed E-state index contributed by atoms with van der Waals surface area (Å²) in [5, 5.41) is 19.9. The SMILES string of the molecule is Cc1cc(C2(c3ccc(O)c(C)c3)OC(=O)c3ccccc32)ccc1O.O=P(O)(O)O.[H-].[Na+]. The third-order valence-corrected chi connectivity index (χ3v) is 4.98. The smallest absolute Gasteiger partial charge is 1.00 e. The van der Waals surface area contributed by atoms with E-state index < -0.39 is 19.4 Å². The van der Waals surface area contributed by atoms with E-state index in [0.717, 1.165) is 16.7 Å². The standard InChI is InChI=1S/C22H18O4.Na.H3O4P.H/c1-13-11-15(7-9-19(13)23)22(16-8-10-20(24)14(2)12-16)18-6-4-3-5-17(18)21(25)26-22;;1-5(2,3)4;/h3-12,23-24H,1-2H3;;(H3,1,2,3,4);/q;+1;;-1. The summed E-state index contributed by atoms with van der Waals surface area (Å²) in [6, 6.07) is 17.7. The molecule has 3 aromatic carbocycles. The summed E-state index contributed by atoms with van der Waals surface area (Å²) in [5.74, 6) is -0.0242. The number of hydrogen-bond acceptors (Lipinski definition) is 5. The number of fused-ring (bicyclic) bond motifs is 1. The van der Waals surface area contributed by atoms with Crippen molar-refractivity contribution in [3.63, 3.8) is 0 Å². The zero-order chi connectivity index (χ0) is 23.0. The molecule has 10 heteroatoms. The summed E-state index contributed by atoms with van der Waals surface area (Å²) in [6.07, 6.45) is 0. The van der Waals surface area contributed by atoms with Crippen molar-refractivity contribution in [2.45, 2.75) is 19.4 Å². The molecule has 4 rings (SSSR count). The molecule has 164 valence electrons. The zero-order valence-corrected chi connectivity index (χ0v) is 20.6. The molecule has 0 unspecified atom stereocenters. The Balaban J connectivity index is 0.000000707. The number of phenolic OH excluding ortho intramolecular Hbond substituents is 2. The number of carbonyl (C=O) groups excluding carboxylic acids is 1. The van der Waals surface area contributed by atoms with Crippen LogP contribution in [0.25, 0.3) is 0 Å². The summed E-state index contributed by atoms with van der Waals surface area (Å²) in [6.45, 7) is 3.61. The first-order valence-electron chi connectivity index (χ1n) is 9.15. The molecule has 0 bridgehead atoms. The topological polar surface area (TPSA) is 145 Å². The quantitative estimate of drug-likeness (QED) is 0.206. The molecule has 0 radical (unpaired) electrons. The molecule has 0 saturated carbocycles. The second kappa shape index (κ2) is 9.77. The monoisotopic (exact) mass is 468 g/mol. The van der Waals surface area contributed by atoms with Crippen molar-refractivity contribution in [1.82, 2.24) is 0 Å². The van der Waals surface area contributed by atoms with Crippen molar-refractivity contribution >= 4 is 13.8 Å². The first-order valence-corrected chi connectivity index (χ1v) is 10.7. The van der Waals surface area contributed by atoms with Gasteiger partial charge in [0.05, 0.1) is 5.56 Å². The first kappa shape index (κ1) is 26.1. The Hall–Kier alpha value is -2.16. The van der Waals surface area contributed by atoms with Crippen LogP contribution in [0.4, 0.5) is 0 Å². The van der Waals surface area contributed by atoms with Gasteiger partial charge in [-0.05, 0) is 55.3 Å². The van der Waals surface area contributed by atoms with Crippen molar-refractivity contribution in [2.24, 2.45) is 0 Å². The van der Waals surface area contributed by atoms with Crippen LogP contribution >= 0.6 is 7.82 Å². The number of benzene rings is 3. The molecular weight excluding hydrogens is 446 g/mol. The number of ether oxygens (including phenoxy) is 1. The van der Waals surface area contributed by atoms with Crippen LogP contribution in [0.2, 0.25) is 0 Å². The van der Waals surface area contributed by atoms with Gasteiger partial charge in [-0.1, -0.05) is 30.3 Å². The Kier molecular flexibility index (Phi) is 7.96. The molecule has 0 fully saturated rings. The maximum atomic E-state index is 12.6. The van der Waals surface area contributed by atoms with E-state index in [-0.39, 0.29) is 42.5 Å². The number of phenols is 2. The van der Waals surface area contributed by atoms with Crippen molar-refractivity contribution in [3.05, 3.63) is 94.0 Å². The number of cyclic esters (lactones) is 1. The molecule has 8 nitrogen and oxygen atoms in total. The molecule has 0 amide bonds. The van der Waals surface area contributed by atoms with E-state index in [0.29, 0.717) is 16.7 Å². The molecule has 1 aliphatic heterocycles. The summed E-state index contributed by atoms with van der Waals surface area (Å²) in [4.78, 5) is 34.2. The van der Waals surface area contributed by atoms with Gasteiger partial charge in [-0.25, -0.2) is 9.36 Å². The van der Waals surface area contributed by atoms with Crippen molar-refractivity contribution in [3.8, 4) is 11.5 Å². The maximum Gasteiger partial charge on any atom is 1.00 e. The fourth-order valence-electron chi connectivity index (χ4n) is 3.56. The van der Waals surface area contributed by atoms with Gasteiger partial charge >= 0.3 is 43.3 Å². The summed E-state index contributed by atoms with van der Waals surface area (Å²) in [7, 11) is -4.64. The number of esters is 1. The molecular formula is C22H22NaO8P. The second-order valence-electron chi connectivity index (χ2n) is 7.13. The Morgan fingerprint density at radius 3 is 1.72 bits per heavy atom. The first-order chi connectivity index (χ1) is 14.4. The molecule has 0 saturated heterocycles. The van der Waals surface area contributed by atoms with Crippen LogP contribution in [0.15, 0.2) is 60.7 Å². The van der Waals surface area contributed by atoms with E-state index in [1.54, 1.807) is 50.2 Å². The molecule has 0 spiro atoms. The van der Waals surface area contributed by atoms with Gasteiger partial charge in [-0.2, -0.15) is 0 Å². The normalized spacial score (nSPS) is 13.8. The van der Waals surface area contributed by atoms with Crippen molar-refractivity contribution in [1.29, 1.82) is 0 Å². The molecule has 3 aromatic rings. The number of carbonyl (C=O) groups is 1. The number of rotatable bonds is 2. The van der Waals surface area contributed by atoms with Crippen LogP contribution in [0, 0.1) is 13.8 Å². The van der Waals surface area contributed by atoms with Crippen LogP contribution in [0.3, 0.4) is 0 Å². The number of aromatic hydroxyl groups is 2. The number of hydrogen-bond donors (Lipinski definition) is 5. The molecule has 32 heavy (non-hydrogen) atoms. The van der Waals surface area contributed by atoms with Crippen LogP contribution in [0.1, 0.15) is 39.6 Å². The van der Waals surface area contributed by atoms with Gasteiger partial charge in [-0.15, -0.1) is 0 Å². The van der Waals surface area contributed by atoms with Gasteiger partial charge in [0.2, 0.25) is 0 Å². The third kappa shape index (κ3) is 5.24. The van der Waals surface area contributed by atoms with E-state index in [1.165, 1.54) is 0 Å². The van der Waals surface area contributed by atoms with E-state index >= 15 is 0 Å². The maximum absolute atomic E-state index is 12.6. The minimum absolute atomic E-state index is 0. The van der Waals surface area contributed by atoms with Crippen LogP contribution in [-0.2, 0) is 14.9 Å². The third-order valence-electron chi connectivity index (χ3n) is 4.98. The van der Waals surface area contributed by atoms with Crippen LogP contribution in [0.5, 0.6) is 11.5 Å². The predicted molar refractivity (Wildman–Crippen MR) is 113 cm³/mol. The Labute approximate surface area is 208 Å². The fourth-order valence-corrected chi connectivity index (χ4v) is 3.56. The van der Waals surface area contributed by atoms with E-state index in [1.807, 2.05) is 24.3 Å². The van der Waals surface area contributed by atoms with Crippen molar-refractivity contribution < 1.29 is 70.0 Å². The molecule has 1 aliphatic rings. The Morgan fingerprint density at radius 1 is 0.844 bits per heavy atom. The molecule has 1 heterocycles. The van der Waals surface area contributed by atoms with Gasteiger partial charge in [-0.3, -0.25) is 0 Å². The fraction of sp³-hybridized carbons (Fsp3) is 0.136. The van der Waals surface area contributed by atoms with Crippen LogP contribution < -0.4 is 29.6 Å². The summed E-state index contributed by atoms with van der Waals surface area (Å²) in [5.41, 5.74) is 3.03. The zero-order valence-electron chi connectivity index (χ0n) is 18.7. The van der Waals surface area contributed by atoms with Gasteiger partial charge in [0, 0.05) is 16.7 Å². The van der Waals surface area contributed by atoms with Gasteiger partial charge in [0.15, 0.2) is 5.60 Å². The van der Waals surface area contributed by atoms with Gasteiger partial charge < -0.3 is 31.1 Å². The Morgan fingerprint density at radius 2 is 1.28 bits per heavy atom. The minimum Gasteiger partial charge on any atom is -1.00 e. The van der Waals surface area contributed by atoms with E-state index in [2.05, 4.69) is 0 Å². The number of phosphoric acid groups is 1. The minimum atomic E-state index is -4.64.